The summed E-state index contributed by atoms with van der Waals surface area (Å²) in [6.07, 6.45) is 2.19. The highest BCUT2D eigenvalue weighted by atomic mass is 35.5. The van der Waals surface area contributed by atoms with E-state index in [0.29, 0.717) is 5.88 Å². The molecule has 0 amide bonds. The number of carbonyl (C=O) groups excluding carboxylic acids is 1. The molecule has 0 spiro atoms. The first-order valence-electron chi connectivity index (χ1n) is 1.98. The molecule has 2 heteroatoms. The van der Waals surface area contributed by atoms with Crippen molar-refractivity contribution >= 4 is 17.9 Å². The zero-order valence-electron chi connectivity index (χ0n) is 4.15. The van der Waals surface area contributed by atoms with E-state index in [4.69, 9.17) is 11.6 Å². The molecule has 0 N–H and O–H groups in total. The molecule has 0 bridgehead atoms. The lowest BCUT2D eigenvalue weighted by molar-refractivity contribution is -0.104. The van der Waals surface area contributed by atoms with Gasteiger partial charge in [0, 0.05) is 5.88 Å². The number of alkyl halides is 1. The van der Waals surface area contributed by atoms with E-state index in [1.54, 1.807) is 6.92 Å². The van der Waals surface area contributed by atoms with Crippen molar-refractivity contribution in [3.8, 4) is 0 Å². The van der Waals surface area contributed by atoms with Crippen molar-refractivity contribution < 1.29 is 4.79 Å². The van der Waals surface area contributed by atoms with Gasteiger partial charge < -0.3 is 0 Å². The average molecular weight is 119 g/mol. The smallest absolute Gasteiger partial charge is 0.142 e. The van der Waals surface area contributed by atoms with Crippen LogP contribution in [0.2, 0.25) is 0 Å². The summed E-state index contributed by atoms with van der Waals surface area (Å²) in [6.45, 7) is 1.81. The van der Waals surface area contributed by atoms with E-state index >= 15 is 0 Å². The van der Waals surface area contributed by atoms with Gasteiger partial charge in [-0.3, -0.25) is 4.79 Å². The van der Waals surface area contributed by atoms with Crippen molar-refractivity contribution in [1.29, 1.82) is 0 Å². The SMILES string of the molecule is CC(=CC=O)CCl. The Morgan fingerprint density at radius 1 is 1.86 bits per heavy atom. The summed E-state index contributed by atoms with van der Waals surface area (Å²) in [5.41, 5.74) is 0.900. The summed E-state index contributed by atoms with van der Waals surface area (Å²) in [5.74, 6) is 0.443. The van der Waals surface area contributed by atoms with Gasteiger partial charge in [-0.25, -0.2) is 0 Å². The summed E-state index contributed by atoms with van der Waals surface area (Å²) in [7, 11) is 0. The minimum absolute atomic E-state index is 0.443. The molecule has 0 rings (SSSR count). The van der Waals surface area contributed by atoms with E-state index < -0.39 is 0 Å². The maximum Gasteiger partial charge on any atom is 0.142 e. The normalized spacial score (nSPS) is 11.4. The largest absolute Gasteiger partial charge is 0.299 e. The molecule has 0 aromatic rings. The van der Waals surface area contributed by atoms with E-state index in [1.807, 2.05) is 0 Å². The van der Waals surface area contributed by atoms with Crippen LogP contribution < -0.4 is 0 Å². The standard InChI is InChI=1S/C5H7ClO/c1-5(4-6)2-3-7/h2-3H,4H2,1H3. The van der Waals surface area contributed by atoms with Crippen LogP contribution in [0.1, 0.15) is 6.92 Å². The predicted molar refractivity (Wildman–Crippen MR) is 30.5 cm³/mol. The molecule has 0 aliphatic carbocycles. The molecular formula is C5H7ClO. The highest BCUT2D eigenvalue weighted by molar-refractivity contribution is 6.19. The molecule has 0 aromatic carbocycles. The number of carbonyl (C=O) groups is 1. The van der Waals surface area contributed by atoms with Crippen LogP contribution in [0.5, 0.6) is 0 Å². The van der Waals surface area contributed by atoms with E-state index in [1.165, 1.54) is 6.08 Å². The topological polar surface area (TPSA) is 17.1 Å². The van der Waals surface area contributed by atoms with E-state index in [2.05, 4.69) is 0 Å². The Hall–Kier alpha value is -0.300. The molecule has 0 heterocycles. The van der Waals surface area contributed by atoms with Gasteiger partial charge >= 0.3 is 0 Å². The quantitative estimate of drug-likeness (QED) is 0.304. The van der Waals surface area contributed by atoms with Crippen LogP contribution in [0.25, 0.3) is 0 Å². The van der Waals surface area contributed by atoms with Crippen molar-refractivity contribution in [2.75, 3.05) is 5.88 Å². The number of halogens is 1. The third-order valence-electron chi connectivity index (χ3n) is 0.563. The minimum Gasteiger partial charge on any atom is -0.299 e. The summed E-state index contributed by atoms with van der Waals surface area (Å²) in [6, 6.07) is 0. The lowest BCUT2D eigenvalue weighted by Crippen LogP contribution is -1.74. The van der Waals surface area contributed by atoms with Crippen molar-refractivity contribution in [3.05, 3.63) is 11.6 Å². The van der Waals surface area contributed by atoms with Crippen LogP contribution in [-0.2, 0) is 4.79 Å². The van der Waals surface area contributed by atoms with Gasteiger partial charge in [0.05, 0.1) is 0 Å². The molecule has 0 aliphatic heterocycles. The zero-order chi connectivity index (χ0) is 5.70. The zero-order valence-corrected chi connectivity index (χ0v) is 4.90. The number of hydrogen-bond donors (Lipinski definition) is 0. The molecule has 40 valence electrons. The van der Waals surface area contributed by atoms with E-state index in [9.17, 15) is 4.79 Å². The third kappa shape index (κ3) is 3.53. The molecule has 0 saturated heterocycles. The maximum atomic E-state index is 9.64. The number of hydrogen-bond acceptors (Lipinski definition) is 1. The number of rotatable bonds is 2. The summed E-state index contributed by atoms with van der Waals surface area (Å²) < 4.78 is 0. The summed E-state index contributed by atoms with van der Waals surface area (Å²) in [5, 5.41) is 0. The number of aldehydes is 1. The Morgan fingerprint density at radius 2 is 2.43 bits per heavy atom. The van der Waals surface area contributed by atoms with Gasteiger partial charge in [-0.05, 0) is 13.0 Å². The van der Waals surface area contributed by atoms with Gasteiger partial charge in [0.2, 0.25) is 0 Å². The van der Waals surface area contributed by atoms with Crippen LogP contribution in [0.15, 0.2) is 11.6 Å². The summed E-state index contributed by atoms with van der Waals surface area (Å²) >= 11 is 5.30. The fraction of sp³-hybridized carbons (Fsp3) is 0.400. The lowest BCUT2D eigenvalue weighted by Gasteiger charge is -1.82. The highest BCUT2D eigenvalue weighted by Gasteiger charge is 1.78. The van der Waals surface area contributed by atoms with Crippen molar-refractivity contribution in [2.45, 2.75) is 6.92 Å². The first-order chi connectivity index (χ1) is 3.31. The Kier molecular flexibility index (Phi) is 3.71. The van der Waals surface area contributed by atoms with Crippen LogP contribution in [-0.4, -0.2) is 12.2 Å². The van der Waals surface area contributed by atoms with Gasteiger partial charge in [-0.1, -0.05) is 5.57 Å². The van der Waals surface area contributed by atoms with Gasteiger partial charge in [-0.15, -0.1) is 11.6 Å². The Labute approximate surface area is 48.0 Å². The molecule has 0 aliphatic rings. The first kappa shape index (κ1) is 6.70. The molecule has 7 heavy (non-hydrogen) atoms. The van der Waals surface area contributed by atoms with Crippen molar-refractivity contribution in [2.24, 2.45) is 0 Å². The average Bonchev–Trinajstić information content (AvgIpc) is 1.68. The predicted octanol–water partition coefficient (Wildman–Crippen LogP) is 1.37. The van der Waals surface area contributed by atoms with Crippen LogP contribution in [0.4, 0.5) is 0 Å². The number of allylic oxidation sites excluding steroid dienone is 2. The lowest BCUT2D eigenvalue weighted by atomic mass is 10.3. The van der Waals surface area contributed by atoms with Crippen molar-refractivity contribution in [3.63, 3.8) is 0 Å². The molecule has 0 radical (unpaired) electrons. The molecular weight excluding hydrogens is 112 g/mol. The second kappa shape index (κ2) is 3.88. The van der Waals surface area contributed by atoms with Gasteiger partial charge in [0.25, 0.3) is 0 Å². The van der Waals surface area contributed by atoms with E-state index in [0.717, 1.165) is 11.9 Å². The third-order valence-corrected chi connectivity index (χ3v) is 0.985. The van der Waals surface area contributed by atoms with Crippen molar-refractivity contribution in [1.82, 2.24) is 0 Å². The minimum atomic E-state index is 0.443. The molecule has 0 atom stereocenters. The fourth-order valence-electron chi connectivity index (χ4n) is 0.161. The fourth-order valence-corrected chi connectivity index (χ4v) is 0.250. The molecule has 0 fully saturated rings. The molecule has 0 saturated carbocycles. The highest BCUT2D eigenvalue weighted by Crippen LogP contribution is 1.91. The maximum absolute atomic E-state index is 9.64. The summed E-state index contributed by atoms with van der Waals surface area (Å²) in [4.78, 5) is 9.64. The molecule has 0 unspecified atom stereocenters. The van der Waals surface area contributed by atoms with Gasteiger partial charge in [0.15, 0.2) is 0 Å². The van der Waals surface area contributed by atoms with Crippen LogP contribution in [0, 0.1) is 0 Å². The van der Waals surface area contributed by atoms with E-state index in [-0.39, 0.29) is 0 Å². The Morgan fingerprint density at radius 3 is 2.57 bits per heavy atom. The molecule has 0 aromatic heterocycles. The van der Waals surface area contributed by atoms with Crippen LogP contribution >= 0.6 is 11.6 Å². The second-order valence-corrected chi connectivity index (χ2v) is 1.55. The second-order valence-electron chi connectivity index (χ2n) is 1.28. The Balaban J connectivity index is 3.49. The van der Waals surface area contributed by atoms with Gasteiger partial charge in [0.1, 0.15) is 6.29 Å². The monoisotopic (exact) mass is 118 g/mol. The Bertz CT molecular complexity index is 86.1. The van der Waals surface area contributed by atoms with Gasteiger partial charge in [-0.2, -0.15) is 0 Å². The van der Waals surface area contributed by atoms with Crippen LogP contribution in [0.3, 0.4) is 0 Å². The first-order valence-corrected chi connectivity index (χ1v) is 2.51. The molecule has 1 nitrogen and oxygen atoms in total.